The molecule has 0 saturated carbocycles. The number of esters is 1. The van der Waals surface area contributed by atoms with Crippen LogP contribution < -0.4 is 0 Å². The second kappa shape index (κ2) is 8.84. The summed E-state index contributed by atoms with van der Waals surface area (Å²) in [5.74, 6) is -0.644. The lowest BCUT2D eigenvalue weighted by Crippen LogP contribution is -2.40. The van der Waals surface area contributed by atoms with E-state index in [1.54, 1.807) is 0 Å². The maximum atomic E-state index is 12.7. The molecule has 6 nitrogen and oxygen atoms in total. The van der Waals surface area contributed by atoms with Crippen molar-refractivity contribution in [2.75, 3.05) is 32.9 Å². The van der Waals surface area contributed by atoms with E-state index in [2.05, 4.69) is 0 Å². The third-order valence-electron chi connectivity index (χ3n) is 4.23. The average molecular weight is 410 g/mol. The van der Waals surface area contributed by atoms with Crippen molar-refractivity contribution in [2.24, 2.45) is 0 Å². The number of ether oxygens (including phenoxy) is 2. The molecule has 8 heteroatoms. The van der Waals surface area contributed by atoms with Crippen molar-refractivity contribution < 1.29 is 22.7 Å². The smallest absolute Gasteiger partial charge is 0.339 e. The van der Waals surface area contributed by atoms with Crippen LogP contribution in [0, 0.1) is 0 Å². The summed E-state index contributed by atoms with van der Waals surface area (Å²) in [5.41, 5.74) is 1.08. The number of carbonyl (C=O) groups excluding carboxylic acids is 1. The SMILES string of the molecule is O=C(OCCc1ccccc1)c1cc(S(=O)(=O)N2CCOCC2)ccc1Cl. The highest BCUT2D eigenvalue weighted by molar-refractivity contribution is 7.89. The van der Waals surface area contributed by atoms with Gasteiger partial charge in [-0.15, -0.1) is 0 Å². The van der Waals surface area contributed by atoms with E-state index in [-0.39, 0.29) is 35.2 Å². The molecular formula is C19H20ClNO5S. The number of hydrogen-bond acceptors (Lipinski definition) is 5. The number of halogens is 1. The molecule has 0 spiro atoms. The van der Waals surface area contributed by atoms with Crippen LogP contribution in [0.15, 0.2) is 53.4 Å². The second-order valence-corrected chi connectivity index (χ2v) is 8.37. The lowest BCUT2D eigenvalue weighted by molar-refractivity contribution is 0.0509. The largest absolute Gasteiger partial charge is 0.462 e. The van der Waals surface area contributed by atoms with E-state index in [1.807, 2.05) is 30.3 Å². The molecule has 0 N–H and O–H groups in total. The molecule has 1 fully saturated rings. The Kier molecular flexibility index (Phi) is 6.49. The normalized spacial score (nSPS) is 15.4. The molecule has 0 bridgehead atoms. The van der Waals surface area contributed by atoms with Crippen LogP contribution >= 0.6 is 11.6 Å². The highest BCUT2D eigenvalue weighted by Gasteiger charge is 2.27. The molecule has 27 heavy (non-hydrogen) atoms. The number of benzene rings is 2. The van der Waals surface area contributed by atoms with Crippen molar-refractivity contribution in [1.29, 1.82) is 0 Å². The molecule has 0 unspecified atom stereocenters. The highest BCUT2D eigenvalue weighted by atomic mass is 35.5. The zero-order chi connectivity index (χ0) is 19.3. The predicted octanol–water partition coefficient (Wildman–Crippen LogP) is 2.76. The van der Waals surface area contributed by atoms with E-state index in [1.165, 1.54) is 22.5 Å². The molecule has 0 radical (unpaired) electrons. The molecule has 0 amide bonds. The van der Waals surface area contributed by atoms with Crippen molar-refractivity contribution >= 4 is 27.6 Å². The Labute approximate surface area is 163 Å². The van der Waals surface area contributed by atoms with E-state index in [9.17, 15) is 13.2 Å². The fourth-order valence-electron chi connectivity index (χ4n) is 2.74. The Balaban J connectivity index is 1.71. The second-order valence-electron chi connectivity index (χ2n) is 6.03. The zero-order valence-electron chi connectivity index (χ0n) is 14.6. The Bertz CT molecular complexity index is 896. The van der Waals surface area contributed by atoms with Crippen LogP contribution in [0.25, 0.3) is 0 Å². The third kappa shape index (κ3) is 4.87. The first kappa shape index (κ1) is 19.8. The van der Waals surface area contributed by atoms with Gasteiger partial charge >= 0.3 is 5.97 Å². The number of hydrogen-bond donors (Lipinski definition) is 0. The number of carbonyl (C=O) groups is 1. The standard InChI is InChI=1S/C19H20ClNO5S/c20-18-7-6-16(27(23,24)21-9-12-25-13-10-21)14-17(18)19(22)26-11-8-15-4-2-1-3-5-15/h1-7,14H,8-13H2. The number of nitrogens with zero attached hydrogens (tertiary/aromatic N) is 1. The van der Waals surface area contributed by atoms with Crippen molar-refractivity contribution in [3.63, 3.8) is 0 Å². The number of morpholine rings is 1. The fourth-order valence-corrected chi connectivity index (χ4v) is 4.37. The summed E-state index contributed by atoms with van der Waals surface area (Å²) in [6.45, 7) is 1.44. The third-order valence-corrected chi connectivity index (χ3v) is 6.46. The summed E-state index contributed by atoms with van der Waals surface area (Å²) in [4.78, 5) is 12.4. The van der Waals surface area contributed by atoms with Gasteiger partial charge in [0.25, 0.3) is 0 Å². The zero-order valence-corrected chi connectivity index (χ0v) is 16.2. The Morgan fingerprint density at radius 3 is 2.52 bits per heavy atom. The molecular weight excluding hydrogens is 390 g/mol. The van der Waals surface area contributed by atoms with Gasteiger partial charge in [0.05, 0.1) is 35.3 Å². The molecule has 2 aromatic rings. The summed E-state index contributed by atoms with van der Waals surface area (Å²) in [6, 6.07) is 13.7. The van der Waals surface area contributed by atoms with Crippen LogP contribution in [0.3, 0.4) is 0 Å². The highest BCUT2D eigenvalue weighted by Crippen LogP contribution is 2.24. The van der Waals surface area contributed by atoms with Crippen LogP contribution in [0.4, 0.5) is 0 Å². The number of rotatable bonds is 6. The summed E-state index contributed by atoms with van der Waals surface area (Å²) in [7, 11) is -3.71. The van der Waals surface area contributed by atoms with E-state index in [0.717, 1.165) is 5.56 Å². The first-order valence-corrected chi connectivity index (χ1v) is 10.4. The summed E-state index contributed by atoms with van der Waals surface area (Å²) in [5, 5.41) is 0.153. The monoisotopic (exact) mass is 409 g/mol. The van der Waals surface area contributed by atoms with Gasteiger partial charge in [-0.05, 0) is 23.8 Å². The average Bonchev–Trinajstić information content (AvgIpc) is 2.69. The van der Waals surface area contributed by atoms with Crippen LogP contribution in [-0.2, 0) is 25.9 Å². The fraction of sp³-hybridized carbons (Fsp3) is 0.316. The molecule has 2 aromatic carbocycles. The van der Waals surface area contributed by atoms with Gasteiger partial charge in [-0.2, -0.15) is 4.31 Å². The molecule has 1 aliphatic heterocycles. The van der Waals surface area contributed by atoms with Crippen molar-refractivity contribution in [3.8, 4) is 0 Å². The number of sulfonamides is 1. The molecule has 0 atom stereocenters. The first-order chi connectivity index (χ1) is 13.0. The van der Waals surface area contributed by atoms with Gasteiger partial charge in [-0.3, -0.25) is 0 Å². The van der Waals surface area contributed by atoms with Crippen LogP contribution in [0.1, 0.15) is 15.9 Å². The van der Waals surface area contributed by atoms with Crippen LogP contribution in [0.5, 0.6) is 0 Å². The lowest BCUT2D eigenvalue weighted by Gasteiger charge is -2.26. The van der Waals surface area contributed by atoms with E-state index >= 15 is 0 Å². The molecule has 3 rings (SSSR count). The van der Waals surface area contributed by atoms with Gasteiger partial charge in [-0.1, -0.05) is 41.9 Å². The van der Waals surface area contributed by atoms with Gasteiger partial charge in [0.1, 0.15) is 0 Å². The van der Waals surface area contributed by atoms with Crippen molar-refractivity contribution in [1.82, 2.24) is 4.31 Å². The molecule has 144 valence electrons. The minimum atomic E-state index is -3.71. The molecule has 0 aromatic heterocycles. The van der Waals surface area contributed by atoms with E-state index in [4.69, 9.17) is 21.1 Å². The first-order valence-electron chi connectivity index (χ1n) is 8.57. The molecule has 0 aliphatic carbocycles. The van der Waals surface area contributed by atoms with Crippen LogP contribution in [0.2, 0.25) is 5.02 Å². The Hall–Kier alpha value is -1.93. The van der Waals surface area contributed by atoms with Gasteiger partial charge in [0.2, 0.25) is 10.0 Å². The predicted molar refractivity (Wildman–Crippen MR) is 101 cm³/mol. The van der Waals surface area contributed by atoms with Crippen molar-refractivity contribution in [3.05, 3.63) is 64.7 Å². The van der Waals surface area contributed by atoms with Gasteiger partial charge in [-0.25, -0.2) is 13.2 Å². The quantitative estimate of drug-likeness (QED) is 0.686. The Morgan fingerprint density at radius 2 is 1.81 bits per heavy atom. The summed E-state index contributed by atoms with van der Waals surface area (Å²) < 4.78 is 37.3. The van der Waals surface area contributed by atoms with Gasteiger partial charge in [0.15, 0.2) is 0 Å². The van der Waals surface area contributed by atoms with E-state index < -0.39 is 16.0 Å². The Morgan fingerprint density at radius 1 is 1.11 bits per heavy atom. The maximum Gasteiger partial charge on any atom is 0.339 e. The minimum Gasteiger partial charge on any atom is -0.462 e. The van der Waals surface area contributed by atoms with E-state index in [0.29, 0.717) is 19.6 Å². The van der Waals surface area contributed by atoms with Crippen LogP contribution in [-0.4, -0.2) is 51.6 Å². The molecule has 1 aliphatic rings. The molecule has 1 saturated heterocycles. The summed E-state index contributed by atoms with van der Waals surface area (Å²) in [6.07, 6.45) is 0.565. The maximum absolute atomic E-state index is 12.7. The molecule has 1 heterocycles. The van der Waals surface area contributed by atoms with Gasteiger partial charge < -0.3 is 9.47 Å². The van der Waals surface area contributed by atoms with Gasteiger partial charge in [0, 0.05) is 19.5 Å². The van der Waals surface area contributed by atoms with Crippen molar-refractivity contribution in [2.45, 2.75) is 11.3 Å². The lowest BCUT2D eigenvalue weighted by atomic mass is 10.2. The summed E-state index contributed by atoms with van der Waals surface area (Å²) >= 11 is 6.09. The minimum absolute atomic E-state index is 0.0174. The topological polar surface area (TPSA) is 72.9 Å².